The van der Waals surface area contributed by atoms with Crippen LogP contribution in [0.15, 0.2) is 42.5 Å². The Morgan fingerprint density at radius 3 is 2.13 bits per heavy atom. The second-order valence-corrected chi connectivity index (χ2v) is 8.07. The number of benzene rings is 2. The molecule has 0 aliphatic heterocycles. The van der Waals surface area contributed by atoms with E-state index in [0.717, 1.165) is 23.1 Å². The first-order valence-electron chi connectivity index (χ1n) is 10.3. The van der Waals surface area contributed by atoms with Crippen LogP contribution in [-0.2, 0) is 22.4 Å². The minimum Gasteiger partial charge on any atom is -0.508 e. The maximum Gasteiger partial charge on any atom is 0.240 e. The van der Waals surface area contributed by atoms with E-state index in [1.54, 1.807) is 19.1 Å². The van der Waals surface area contributed by atoms with Gasteiger partial charge in [-0.1, -0.05) is 30.3 Å². The van der Waals surface area contributed by atoms with Gasteiger partial charge in [-0.15, -0.1) is 12.4 Å². The number of amides is 2. The van der Waals surface area contributed by atoms with E-state index in [9.17, 15) is 14.7 Å². The summed E-state index contributed by atoms with van der Waals surface area (Å²) in [5.74, 6) is -0.667. The fourth-order valence-electron chi connectivity index (χ4n) is 3.88. The van der Waals surface area contributed by atoms with Gasteiger partial charge in [0.25, 0.3) is 0 Å². The summed E-state index contributed by atoms with van der Waals surface area (Å²) < 4.78 is 0. The van der Waals surface area contributed by atoms with Crippen molar-refractivity contribution in [3.63, 3.8) is 0 Å². The first-order valence-corrected chi connectivity index (χ1v) is 10.3. The molecule has 2 aromatic rings. The molecular formula is C24H34ClN3O3. The Balaban J connectivity index is 0.00000480. The van der Waals surface area contributed by atoms with Gasteiger partial charge in [0.2, 0.25) is 11.8 Å². The van der Waals surface area contributed by atoms with E-state index >= 15 is 0 Å². The van der Waals surface area contributed by atoms with E-state index in [-0.39, 0.29) is 30.1 Å². The quantitative estimate of drug-likeness (QED) is 0.548. The number of rotatable bonds is 9. The van der Waals surface area contributed by atoms with Gasteiger partial charge in [-0.3, -0.25) is 9.59 Å². The third-order valence-electron chi connectivity index (χ3n) is 5.67. The van der Waals surface area contributed by atoms with Crippen LogP contribution in [0.1, 0.15) is 42.5 Å². The fraction of sp³-hybridized carbons (Fsp3) is 0.417. The summed E-state index contributed by atoms with van der Waals surface area (Å²) in [4.78, 5) is 26.7. The van der Waals surface area contributed by atoms with Crippen molar-refractivity contribution in [2.45, 2.75) is 65.1 Å². The van der Waals surface area contributed by atoms with Crippen LogP contribution in [0.25, 0.3) is 0 Å². The molecule has 31 heavy (non-hydrogen) atoms. The molecule has 2 aromatic carbocycles. The minimum atomic E-state index is -0.812. The Bertz CT molecular complexity index is 866. The second kappa shape index (κ2) is 11.7. The molecule has 6 nitrogen and oxygen atoms in total. The van der Waals surface area contributed by atoms with E-state index < -0.39 is 18.0 Å². The number of carbonyl (C=O) groups excluding carboxylic acids is 2. The second-order valence-electron chi connectivity index (χ2n) is 8.07. The highest BCUT2D eigenvalue weighted by Crippen LogP contribution is 2.23. The number of phenols is 1. The van der Waals surface area contributed by atoms with E-state index in [4.69, 9.17) is 11.5 Å². The van der Waals surface area contributed by atoms with Gasteiger partial charge in [0.1, 0.15) is 11.8 Å². The topological polar surface area (TPSA) is 110 Å². The van der Waals surface area contributed by atoms with Gasteiger partial charge in [0.15, 0.2) is 0 Å². The average Bonchev–Trinajstić information content (AvgIpc) is 2.69. The lowest BCUT2D eigenvalue weighted by Crippen LogP contribution is -2.56. The number of aromatic hydroxyl groups is 1. The van der Waals surface area contributed by atoms with Crippen LogP contribution < -0.4 is 11.5 Å². The van der Waals surface area contributed by atoms with Crippen LogP contribution >= 0.6 is 12.4 Å². The van der Waals surface area contributed by atoms with Crippen molar-refractivity contribution in [2.24, 2.45) is 11.5 Å². The van der Waals surface area contributed by atoms with Crippen LogP contribution in [0.5, 0.6) is 5.75 Å². The normalized spacial score (nSPS) is 13.6. The smallest absolute Gasteiger partial charge is 0.240 e. The Morgan fingerprint density at radius 2 is 1.61 bits per heavy atom. The number of hydrogen-bond acceptors (Lipinski definition) is 4. The molecule has 0 saturated heterocycles. The van der Waals surface area contributed by atoms with Crippen LogP contribution in [0.4, 0.5) is 0 Å². The SMILES string of the molecule is Cc1cc(O)cc(C)c1CC(N)C(=O)N(C(C)CCc1ccccc1)[C@H](C)C(N)=O.Cl. The number of primary amides is 1. The fourth-order valence-corrected chi connectivity index (χ4v) is 3.88. The zero-order valence-electron chi connectivity index (χ0n) is 18.7. The lowest BCUT2D eigenvalue weighted by atomic mass is 9.95. The zero-order chi connectivity index (χ0) is 22.4. The molecule has 0 aromatic heterocycles. The zero-order valence-corrected chi connectivity index (χ0v) is 19.5. The Labute approximate surface area is 191 Å². The van der Waals surface area contributed by atoms with E-state index in [2.05, 4.69) is 0 Å². The molecule has 0 spiro atoms. The van der Waals surface area contributed by atoms with Crippen molar-refractivity contribution in [3.05, 3.63) is 64.7 Å². The number of hydrogen-bond donors (Lipinski definition) is 3. The summed E-state index contributed by atoms with van der Waals surface area (Å²) in [7, 11) is 0. The molecule has 0 fully saturated rings. The lowest BCUT2D eigenvalue weighted by Gasteiger charge is -2.35. The van der Waals surface area contributed by atoms with Gasteiger partial charge in [0, 0.05) is 6.04 Å². The van der Waals surface area contributed by atoms with Crippen molar-refractivity contribution >= 4 is 24.2 Å². The monoisotopic (exact) mass is 447 g/mol. The summed E-state index contributed by atoms with van der Waals surface area (Å²) in [6.07, 6.45) is 1.80. The molecule has 0 bridgehead atoms. The molecule has 0 saturated carbocycles. The molecule has 0 radical (unpaired) electrons. The van der Waals surface area contributed by atoms with Gasteiger partial charge >= 0.3 is 0 Å². The van der Waals surface area contributed by atoms with Gasteiger partial charge in [-0.2, -0.15) is 0 Å². The Morgan fingerprint density at radius 1 is 1.06 bits per heavy atom. The van der Waals surface area contributed by atoms with Crippen molar-refractivity contribution in [1.82, 2.24) is 4.90 Å². The van der Waals surface area contributed by atoms with Gasteiger partial charge < -0.3 is 21.5 Å². The molecule has 170 valence electrons. The first-order chi connectivity index (χ1) is 14.1. The molecule has 2 amide bonds. The van der Waals surface area contributed by atoms with Crippen molar-refractivity contribution in [3.8, 4) is 5.75 Å². The standard InChI is InChI=1S/C24H33N3O3.ClH/c1-15-12-20(28)13-16(2)21(15)14-22(25)24(30)27(18(4)23(26)29)17(3)10-11-19-8-6-5-7-9-19;/h5-9,12-13,17-18,22,28H,10-11,14,25H2,1-4H3,(H2,26,29);1H/t17?,18-,22?;/m1./s1. The van der Waals surface area contributed by atoms with Gasteiger partial charge in [-0.05, 0) is 81.3 Å². The predicted molar refractivity (Wildman–Crippen MR) is 126 cm³/mol. The average molecular weight is 448 g/mol. The number of aryl methyl sites for hydroxylation is 3. The third-order valence-corrected chi connectivity index (χ3v) is 5.67. The molecule has 2 unspecified atom stereocenters. The Hall–Kier alpha value is -2.57. The summed E-state index contributed by atoms with van der Waals surface area (Å²) in [6.45, 7) is 7.32. The minimum absolute atomic E-state index is 0. The number of nitrogens with zero attached hydrogens (tertiary/aromatic N) is 1. The molecule has 0 aliphatic rings. The van der Waals surface area contributed by atoms with E-state index in [1.165, 1.54) is 10.5 Å². The van der Waals surface area contributed by atoms with Crippen LogP contribution in [0.2, 0.25) is 0 Å². The van der Waals surface area contributed by atoms with E-state index in [1.807, 2.05) is 51.1 Å². The summed E-state index contributed by atoms with van der Waals surface area (Å²) in [5.41, 5.74) is 15.7. The Kier molecular flexibility index (Phi) is 10.0. The molecule has 5 N–H and O–H groups in total. The van der Waals surface area contributed by atoms with Crippen molar-refractivity contribution in [2.75, 3.05) is 0 Å². The van der Waals surface area contributed by atoms with Crippen LogP contribution in [0.3, 0.4) is 0 Å². The number of phenolic OH excluding ortho intramolecular Hbond substituents is 1. The highest BCUT2D eigenvalue weighted by atomic mass is 35.5. The largest absolute Gasteiger partial charge is 0.508 e. The predicted octanol–water partition coefficient (Wildman–Crippen LogP) is 3.02. The summed E-state index contributed by atoms with van der Waals surface area (Å²) in [5, 5.41) is 9.75. The van der Waals surface area contributed by atoms with Crippen molar-refractivity contribution < 1.29 is 14.7 Å². The highest BCUT2D eigenvalue weighted by Gasteiger charge is 2.32. The highest BCUT2D eigenvalue weighted by molar-refractivity contribution is 5.89. The summed E-state index contributed by atoms with van der Waals surface area (Å²) in [6, 6.07) is 11.6. The van der Waals surface area contributed by atoms with Crippen LogP contribution in [0, 0.1) is 13.8 Å². The van der Waals surface area contributed by atoms with Gasteiger partial charge in [-0.25, -0.2) is 0 Å². The molecule has 2 rings (SSSR count). The van der Waals surface area contributed by atoms with Crippen molar-refractivity contribution in [1.29, 1.82) is 0 Å². The number of carbonyl (C=O) groups is 2. The maximum atomic E-state index is 13.3. The number of nitrogens with two attached hydrogens (primary N) is 2. The van der Waals surface area contributed by atoms with E-state index in [0.29, 0.717) is 12.8 Å². The molecular weight excluding hydrogens is 414 g/mol. The summed E-state index contributed by atoms with van der Waals surface area (Å²) >= 11 is 0. The maximum absolute atomic E-state index is 13.3. The molecule has 0 heterocycles. The molecule has 0 aliphatic carbocycles. The third kappa shape index (κ3) is 6.97. The van der Waals surface area contributed by atoms with Gasteiger partial charge in [0.05, 0.1) is 6.04 Å². The first kappa shape index (κ1) is 26.5. The number of halogens is 1. The van der Waals surface area contributed by atoms with Crippen LogP contribution in [-0.4, -0.2) is 39.9 Å². The molecule has 7 heteroatoms. The molecule has 3 atom stereocenters. The lowest BCUT2D eigenvalue weighted by molar-refractivity contribution is -0.142.